The van der Waals surface area contributed by atoms with Crippen molar-refractivity contribution < 1.29 is 14.6 Å². The zero-order valence-electron chi connectivity index (χ0n) is 21.3. The van der Waals surface area contributed by atoms with Gasteiger partial charge in [-0.05, 0) is 61.1 Å². The third-order valence-corrected chi connectivity index (χ3v) is 7.12. The molecule has 0 saturated heterocycles. The number of allylic oxidation sites excluding steroid dienone is 2. The van der Waals surface area contributed by atoms with Crippen LogP contribution in [-0.4, -0.2) is 28.1 Å². The minimum absolute atomic E-state index is 0.0115. The molecule has 2 N–H and O–H groups in total. The van der Waals surface area contributed by atoms with E-state index in [1.54, 1.807) is 0 Å². The number of hydrogen-bond acceptors (Lipinski definition) is 4. The zero-order valence-corrected chi connectivity index (χ0v) is 21.3. The molecule has 3 aromatic carbocycles. The fourth-order valence-electron chi connectivity index (χ4n) is 5.19. The van der Waals surface area contributed by atoms with Gasteiger partial charge in [0.25, 0.3) is 0 Å². The number of aliphatic hydroxyl groups excluding tert-OH is 1. The molecule has 1 aliphatic carbocycles. The number of aromatic nitrogens is 1. The highest BCUT2D eigenvalue weighted by Crippen LogP contribution is 2.34. The second-order valence-corrected chi connectivity index (χ2v) is 9.69. The molecule has 4 aromatic rings. The number of hydrogen-bond donors (Lipinski definition) is 2. The molecule has 5 nitrogen and oxygen atoms in total. The summed E-state index contributed by atoms with van der Waals surface area (Å²) in [5.41, 5.74) is 6.56. The lowest BCUT2D eigenvalue weighted by atomic mass is 9.81. The number of ketones is 1. The molecule has 1 atom stereocenters. The molecule has 5 rings (SSSR count). The van der Waals surface area contributed by atoms with Gasteiger partial charge in [0.1, 0.15) is 18.1 Å². The lowest BCUT2D eigenvalue weighted by Crippen LogP contribution is -2.22. The second-order valence-electron chi connectivity index (χ2n) is 9.69. The normalized spacial score (nSPS) is 16.4. The second kappa shape index (κ2) is 10.9. The summed E-state index contributed by atoms with van der Waals surface area (Å²) in [6.07, 6.45) is 1.58. The summed E-state index contributed by atoms with van der Waals surface area (Å²) in [5.74, 6) is 0.946. The first-order valence-electron chi connectivity index (χ1n) is 12.8. The van der Waals surface area contributed by atoms with Gasteiger partial charge in [-0.1, -0.05) is 60.7 Å². The molecule has 0 saturated carbocycles. The number of nitrogens with zero attached hydrogens (tertiary/aromatic N) is 1. The van der Waals surface area contributed by atoms with Gasteiger partial charge in [-0.25, -0.2) is 0 Å². The van der Waals surface area contributed by atoms with Crippen molar-refractivity contribution in [2.24, 2.45) is 4.99 Å². The van der Waals surface area contributed by atoms with Crippen LogP contribution in [0.5, 0.6) is 5.75 Å². The van der Waals surface area contributed by atoms with E-state index in [0.29, 0.717) is 37.3 Å². The smallest absolute Gasteiger partial charge is 0.168 e. The minimum atomic E-state index is -0.0395. The van der Waals surface area contributed by atoms with Crippen LogP contribution >= 0.6 is 0 Å². The Morgan fingerprint density at radius 1 is 1.03 bits per heavy atom. The van der Waals surface area contributed by atoms with E-state index in [4.69, 9.17) is 9.73 Å². The number of benzene rings is 3. The van der Waals surface area contributed by atoms with Gasteiger partial charge in [0.05, 0.1) is 5.57 Å². The van der Waals surface area contributed by atoms with Crippen LogP contribution in [0.1, 0.15) is 48.1 Å². The highest BCUT2D eigenvalue weighted by atomic mass is 16.5. The van der Waals surface area contributed by atoms with Gasteiger partial charge in [-0.2, -0.15) is 0 Å². The SMILES string of the molecule is CC(=NCCc1c(C)[nH]c2ccc(OCc3ccccc3)cc12)C1=C(O)CC(c2ccccc2)CC1=O. The van der Waals surface area contributed by atoms with E-state index < -0.39 is 0 Å². The molecule has 0 aliphatic heterocycles. The summed E-state index contributed by atoms with van der Waals surface area (Å²) >= 11 is 0. The van der Waals surface area contributed by atoms with Crippen molar-refractivity contribution in [1.82, 2.24) is 4.98 Å². The van der Waals surface area contributed by atoms with Gasteiger partial charge in [-0.15, -0.1) is 0 Å². The molecule has 0 bridgehead atoms. The maximum atomic E-state index is 12.9. The number of H-pyrrole nitrogens is 1. The number of Topliss-reactive ketones (excluding diaryl/α,β-unsaturated/α-hetero) is 1. The highest BCUT2D eigenvalue weighted by molar-refractivity contribution is 6.22. The van der Waals surface area contributed by atoms with Crippen LogP contribution in [0.3, 0.4) is 0 Å². The number of rotatable bonds is 8. The number of carbonyl (C=O) groups is 1. The third kappa shape index (κ3) is 5.51. The van der Waals surface area contributed by atoms with E-state index in [-0.39, 0.29) is 17.5 Å². The van der Waals surface area contributed by atoms with Gasteiger partial charge >= 0.3 is 0 Å². The molecular weight excluding hydrogens is 460 g/mol. The average Bonchev–Trinajstić information content (AvgIpc) is 3.22. The lowest BCUT2D eigenvalue weighted by Gasteiger charge is -2.23. The predicted octanol–water partition coefficient (Wildman–Crippen LogP) is 7.02. The number of aromatic amines is 1. The Bertz CT molecular complexity index is 1470. The Balaban J connectivity index is 1.28. The van der Waals surface area contributed by atoms with E-state index >= 15 is 0 Å². The van der Waals surface area contributed by atoms with Crippen molar-refractivity contribution in [3.05, 3.63) is 113 Å². The Morgan fingerprint density at radius 3 is 2.49 bits per heavy atom. The van der Waals surface area contributed by atoms with Crippen LogP contribution in [0.15, 0.2) is 95.2 Å². The Hall–Kier alpha value is -4.12. The molecule has 1 aromatic heterocycles. The van der Waals surface area contributed by atoms with Crippen LogP contribution < -0.4 is 4.74 Å². The summed E-state index contributed by atoms with van der Waals surface area (Å²) in [6.45, 7) is 4.94. The summed E-state index contributed by atoms with van der Waals surface area (Å²) in [7, 11) is 0. The first kappa shape index (κ1) is 24.6. The molecule has 0 spiro atoms. The molecule has 0 radical (unpaired) electrons. The van der Waals surface area contributed by atoms with Gasteiger partial charge < -0.3 is 14.8 Å². The summed E-state index contributed by atoms with van der Waals surface area (Å²) in [5, 5.41) is 11.9. The van der Waals surface area contributed by atoms with Crippen molar-refractivity contribution in [3.8, 4) is 5.75 Å². The first-order chi connectivity index (χ1) is 18.0. The number of aliphatic hydroxyl groups is 1. The third-order valence-electron chi connectivity index (χ3n) is 7.12. The van der Waals surface area contributed by atoms with Crippen molar-refractivity contribution in [3.63, 3.8) is 0 Å². The summed E-state index contributed by atoms with van der Waals surface area (Å²) in [4.78, 5) is 21.1. The standard InChI is InChI=1S/C32H32N2O3/c1-21-27(28-19-26(13-14-29(28)34-21)37-20-23-9-5-3-6-10-23)15-16-33-22(2)32-30(35)17-25(18-31(32)36)24-11-7-4-8-12-24/h3-14,19,25,34-35H,15-18,20H2,1-2H3. The van der Waals surface area contributed by atoms with Gasteiger partial charge in [-0.3, -0.25) is 9.79 Å². The summed E-state index contributed by atoms with van der Waals surface area (Å²) in [6, 6.07) is 26.2. The summed E-state index contributed by atoms with van der Waals surface area (Å²) < 4.78 is 6.04. The van der Waals surface area contributed by atoms with Crippen molar-refractivity contribution in [2.45, 2.75) is 45.6 Å². The molecule has 0 fully saturated rings. The van der Waals surface area contributed by atoms with Gasteiger partial charge in [0, 0.05) is 41.7 Å². The van der Waals surface area contributed by atoms with Crippen LogP contribution in [0.2, 0.25) is 0 Å². The van der Waals surface area contributed by atoms with E-state index in [9.17, 15) is 9.90 Å². The van der Waals surface area contributed by atoms with E-state index in [0.717, 1.165) is 39.9 Å². The van der Waals surface area contributed by atoms with Crippen LogP contribution in [0.4, 0.5) is 0 Å². The van der Waals surface area contributed by atoms with Crippen molar-refractivity contribution in [1.29, 1.82) is 0 Å². The average molecular weight is 493 g/mol. The quantitative estimate of drug-likeness (QED) is 0.260. The van der Waals surface area contributed by atoms with Crippen molar-refractivity contribution >= 4 is 22.4 Å². The Morgan fingerprint density at radius 2 is 1.76 bits per heavy atom. The van der Waals surface area contributed by atoms with Crippen LogP contribution in [0.25, 0.3) is 10.9 Å². The predicted molar refractivity (Wildman–Crippen MR) is 149 cm³/mol. The van der Waals surface area contributed by atoms with Crippen molar-refractivity contribution in [2.75, 3.05) is 6.54 Å². The Kier molecular flexibility index (Phi) is 7.22. The number of fused-ring (bicyclic) bond motifs is 1. The van der Waals surface area contributed by atoms with Gasteiger partial charge in [0.15, 0.2) is 5.78 Å². The van der Waals surface area contributed by atoms with Crippen LogP contribution in [0, 0.1) is 6.92 Å². The molecule has 0 amide bonds. The van der Waals surface area contributed by atoms with E-state index in [2.05, 4.69) is 30.1 Å². The molecule has 188 valence electrons. The molecule has 37 heavy (non-hydrogen) atoms. The number of nitrogens with one attached hydrogen (secondary N) is 1. The fraction of sp³-hybridized carbons (Fsp3) is 0.250. The fourth-order valence-corrected chi connectivity index (χ4v) is 5.19. The first-order valence-corrected chi connectivity index (χ1v) is 12.8. The topological polar surface area (TPSA) is 74.7 Å². The number of aryl methyl sites for hydroxylation is 1. The maximum absolute atomic E-state index is 12.9. The lowest BCUT2D eigenvalue weighted by molar-refractivity contribution is -0.116. The molecule has 1 unspecified atom stereocenters. The minimum Gasteiger partial charge on any atom is -0.511 e. The van der Waals surface area contributed by atoms with Gasteiger partial charge in [0.2, 0.25) is 0 Å². The molecule has 5 heteroatoms. The molecule has 1 heterocycles. The Labute approximate surface area is 217 Å². The largest absolute Gasteiger partial charge is 0.511 e. The van der Waals surface area contributed by atoms with E-state index in [1.165, 1.54) is 5.56 Å². The highest BCUT2D eigenvalue weighted by Gasteiger charge is 2.29. The zero-order chi connectivity index (χ0) is 25.8. The monoisotopic (exact) mass is 492 g/mol. The molecule has 1 aliphatic rings. The number of carbonyl (C=O) groups excluding carboxylic acids is 1. The number of ether oxygens (including phenoxy) is 1. The molecular formula is C32H32N2O3. The maximum Gasteiger partial charge on any atom is 0.168 e. The number of aliphatic imine (C=N–C) groups is 1. The van der Waals surface area contributed by atoms with E-state index in [1.807, 2.05) is 67.6 Å². The van der Waals surface area contributed by atoms with Crippen LogP contribution in [-0.2, 0) is 17.8 Å².